The van der Waals surface area contributed by atoms with Crippen molar-refractivity contribution in [3.05, 3.63) is 50.1 Å². The molecule has 3 nitrogen and oxygen atoms in total. The summed E-state index contributed by atoms with van der Waals surface area (Å²) in [6, 6.07) is 6.33. The maximum absolute atomic E-state index is 13.3. The van der Waals surface area contributed by atoms with Crippen LogP contribution < -0.4 is 0 Å². The second kappa shape index (κ2) is 4.63. The summed E-state index contributed by atoms with van der Waals surface area (Å²) in [6.45, 7) is 4.35. The number of nitrogens with zero attached hydrogens (tertiary/aromatic N) is 2. The number of halogens is 2. The number of amides is 1. The normalized spacial score (nSPS) is 16.6. The summed E-state index contributed by atoms with van der Waals surface area (Å²) in [7, 11) is 0. The minimum absolute atomic E-state index is 0.101. The van der Waals surface area contributed by atoms with Gasteiger partial charge in [0.1, 0.15) is 11.5 Å². The van der Waals surface area contributed by atoms with Crippen LogP contribution in [0.5, 0.6) is 0 Å². The van der Waals surface area contributed by atoms with Crippen LogP contribution in [0.4, 0.5) is 4.39 Å². The highest BCUT2D eigenvalue weighted by atomic mass is 79.9. The van der Waals surface area contributed by atoms with Crippen molar-refractivity contribution in [1.29, 1.82) is 0 Å². The van der Waals surface area contributed by atoms with Crippen molar-refractivity contribution < 1.29 is 9.18 Å². The van der Waals surface area contributed by atoms with Gasteiger partial charge in [-0.3, -0.25) is 4.79 Å². The number of thiazole rings is 1. The van der Waals surface area contributed by atoms with Gasteiger partial charge in [0.2, 0.25) is 0 Å². The molecule has 1 aliphatic heterocycles. The maximum atomic E-state index is 13.3. The van der Waals surface area contributed by atoms with Crippen molar-refractivity contribution in [2.24, 2.45) is 0 Å². The van der Waals surface area contributed by atoms with E-state index >= 15 is 0 Å². The zero-order valence-electron chi connectivity index (χ0n) is 11.0. The van der Waals surface area contributed by atoms with Crippen LogP contribution in [0.2, 0.25) is 0 Å². The summed E-state index contributed by atoms with van der Waals surface area (Å²) < 4.78 is 14.0. The summed E-state index contributed by atoms with van der Waals surface area (Å²) in [5.41, 5.74) is 0.853. The molecule has 1 aromatic carbocycles. The van der Waals surface area contributed by atoms with Gasteiger partial charge in [0, 0.05) is 6.54 Å². The van der Waals surface area contributed by atoms with E-state index in [1.54, 1.807) is 11.0 Å². The molecule has 0 N–H and O–H groups in total. The highest BCUT2D eigenvalue weighted by molar-refractivity contribution is 9.11. The average molecular weight is 355 g/mol. The lowest BCUT2D eigenvalue weighted by Crippen LogP contribution is -2.38. The van der Waals surface area contributed by atoms with E-state index in [9.17, 15) is 9.18 Å². The van der Waals surface area contributed by atoms with Gasteiger partial charge >= 0.3 is 0 Å². The molecule has 2 aromatic rings. The third kappa shape index (κ3) is 2.07. The first-order chi connectivity index (χ1) is 9.39. The Kier molecular flexibility index (Phi) is 3.17. The summed E-state index contributed by atoms with van der Waals surface area (Å²) in [5, 5.41) is 0. The summed E-state index contributed by atoms with van der Waals surface area (Å²) in [5.74, 6) is -0.390. The monoisotopic (exact) mass is 354 g/mol. The van der Waals surface area contributed by atoms with Crippen molar-refractivity contribution in [2.75, 3.05) is 0 Å². The molecule has 0 bridgehead atoms. The molecule has 1 amide bonds. The zero-order chi connectivity index (χ0) is 14.5. The molecule has 0 atom stereocenters. The second-order valence-electron chi connectivity index (χ2n) is 5.22. The number of fused-ring (bicyclic) bond motifs is 1. The quantitative estimate of drug-likeness (QED) is 0.818. The topological polar surface area (TPSA) is 33.2 Å². The third-order valence-corrected chi connectivity index (χ3v) is 5.33. The molecule has 104 valence electrons. The zero-order valence-corrected chi connectivity index (χ0v) is 13.4. The molecule has 1 aromatic heterocycles. The Hall–Kier alpha value is -1.27. The van der Waals surface area contributed by atoms with Gasteiger partial charge in [-0.15, -0.1) is 11.3 Å². The summed E-state index contributed by atoms with van der Waals surface area (Å²) in [6.07, 6.45) is 0. The molecular weight excluding hydrogens is 343 g/mol. The Bertz CT molecular complexity index is 698. The molecule has 0 saturated heterocycles. The van der Waals surface area contributed by atoms with Crippen LogP contribution in [0.3, 0.4) is 0 Å². The number of hydrogen-bond donors (Lipinski definition) is 0. The summed E-state index contributed by atoms with van der Waals surface area (Å²) in [4.78, 5) is 19.4. The molecule has 20 heavy (non-hydrogen) atoms. The van der Waals surface area contributed by atoms with Crippen molar-refractivity contribution in [2.45, 2.75) is 25.9 Å². The van der Waals surface area contributed by atoms with E-state index in [1.807, 2.05) is 19.9 Å². The van der Waals surface area contributed by atoms with Gasteiger partial charge in [0.05, 0.1) is 10.4 Å². The van der Waals surface area contributed by atoms with E-state index in [2.05, 4.69) is 20.9 Å². The fourth-order valence-corrected chi connectivity index (χ4v) is 4.00. The lowest BCUT2D eigenvalue weighted by molar-refractivity contribution is 0.0594. The molecule has 0 radical (unpaired) electrons. The van der Waals surface area contributed by atoms with Crippen LogP contribution in [0.15, 0.2) is 28.2 Å². The second-order valence-corrected chi connectivity index (χ2v) is 7.50. The molecule has 0 saturated carbocycles. The smallest absolute Gasteiger partial charge is 0.274 e. The van der Waals surface area contributed by atoms with Gasteiger partial charge in [0.25, 0.3) is 5.91 Å². The fraction of sp³-hybridized carbons (Fsp3) is 0.286. The number of carbonyl (C=O) groups excluding carboxylic acids is 1. The van der Waals surface area contributed by atoms with E-state index < -0.39 is 5.54 Å². The van der Waals surface area contributed by atoms with Gasteiger partial charge in [-0.25, -0.2) is 9.37 Å². The lowest BCUT2D eigenvalue weighted by atomic mass is 10.0. The van der Waals surface area contributed by atoms with Crippen LogP contribution in [-0.4, -0.2) is 15.8 Å². The van der Waals surface area contributed by atoms with Gasteiger partial charge in [-0.1, -0.05) is 12.1 Å². The molecular formula is C14H12BrFN2OS. The number of benzene rings is 1. The Morgan fingerprint density at radius 1 is 1.45 bits per heavy atom. The van der Waals surface area contributed by atoms with Crippen molar-refractivity contribution >= 4 is 33.2 Å². The number of carbonyl (C=O) groups is 1. The van der Waals surface area contributed by atoms with Crippen LogP contribution >= 0.6 is 27.3 Å². The van der Waals surface area contributed by atoms with Crippen molar-refractivity contribution in [1.82, 2.24) is 9.88 Å². The molecule has 3 rings (SSSR count). The average Bonchev–Trinajstić information content (AvgIpc) is 2.84. The SMILES string of the molecule is CC1(C)c2sc(Br)nc2C(=O)N1Cc1cccc(F)c1. The molecule has 1 aliphatic rings. The van der Waals surface area contributed by atoms with E-state index in [1.165, 1.54) is 23.5 Å². The number of aromatic nitrogens is 1. The molecule has 2 heterocycles. The number of rotatable bonds is 2. The number of hydrogen-bond acceptors (Lipinski definition) is 3. The highest BCUT2D eigenvalue weighted by Crippen LogP contribution is 2.43. The van der Waals surface area contributed by atoms with Crippen LogP contribution in [0, 0.1) is 5.82 Å². The Balaban J connectivity index is 1.96. The van der Waals surface area contributed by atoms with Crippen molar-refractivity contribution in [3.63, 3.8) is 0 Å². The lowest BCUT2D eigenvalue weighted by Gasteiger charge is -2.31. The van der Waals surface area contributed by atoms with E-state index in [0.29, 0.717) is 16.2 Å². The van der Waals surface area contributed by atoms with Crippen molar-refractivity contribution in [3.8, 4) is 0 Å². The predicted molar refractivity (Wildman–Crippen MR) is 79.1 cm³/mol. The van der Waals surface area contributed by atoms with E-state index in [0.717, 1.165) is 10.4 Å². The van der Waals surface area contributed by atoms with Gasteiger partial charge in [-0.05, 0) is 47.5 Å². The van der Waals surface area contributed by atoms with Crippen LogP contribution in [0.1, 0.15) is 34.8 Å². The minimum Gasteiger partial charge on any atom is -0.323 e. The van der Waals surface area contributed by atoms with E-state index in [-0.39, 0.29) is 11.7 Å². The van der Waals surface area contributed by atoms with Crippen LogP contribution in [-0.2, 0) is 12.1 Å². The minimum atomic E-state index is -0.428. The van der Waals surface area contributed by atoms with Gasteiger partial charge in [0.15, 0.2) is 3.92 Å². The van der Waals surface area contributed by atoms with E-state index in [4.69, 9.17) is 0 Å². The Morgan fingerprint density at radius 3 is 2.85 bits per heavy atom. The van der Waals surface area contributed by atoms with Gasteiger partial charge in [-0.2, -0.15) is 0 Å². The fourth-order valence-electron chi connectivity index (χ4n) is 2.45. The third-order valence-electron chi connectivity index (χ3n) is 3.51. The van der Waals surface area contributed by atoms with Gasteiger partial charge < -0.3 is 4.90 Å². The first-order valence-corrected chi connectivity index (χ1v) is 7.74. The molecule has 0 spiro atoms. The first kappa shape index (κ1) is 13.7. The predicted octanol–water partition coefficient (Wildman–Crippen LogP) is 3.94. The molecule has 0 fully saturated rings. The highest BCUT2D eigenvalue weighted by Gasteiger charge is 2.45. The summed E-state index contributed by atoms with van der Waals surface area (Å²) >= 11 is 4.79. The maximum Gasteiger partial charge on any atom is 0.274 e. The standard InChI is InChI=1S/C14H12BrFN2OS/c1-14(2)11-10(17-13(15)20-11)12(19)18(14)7-8-4-3-5-9(16)6-8/h3-6H,7H2,1-2H3. The largest absolute Gasteiger partial charge is 0.323 e. The first-order valence-electron chi connectivity index (χ1n) is 6.13. The Morgan fingerprint density at radius 2 is 2.20 bits per heavy atom. The molecule has 0 aliphatic carbocycles. The molecule has 6 heteroatoms. The van der Waals surface area contributed by atoms with Crippen LogP contribution in [0.25, 0.3) is 0 Å². The molecule has 0 unspecified atom stereocenters. The Labute approximate surface area is 128 Å².